The minimum atomic E-state index is -1.95. The molecule has 0 bridgehead atoms. The van der Waals surface area contributed by atoms with E-state index >= 15 is 0 Å². The zero-order valence-corrected chi connectivity index (χ0v) is 14.7. The van der Waals surface area contributed by atoms with Crippen LogP contribution in [-0.4, -0.2) is 110 Å². The summed E-state index contributed by atoms with van der Waals surface area (Å²) in [6.45, 7) is -1.62. The van der Waals surface area contributed by atoms with Gasteiger partial charge in [-0.2, -0.15) is 0 Å². The average Bonchev–Trinajstić information content (AvgIpc) is 2.67. The van der Waals surface area contributed by atoms with E-state index in [-0.39, 0.29) is 18.6 Å². The maximum atomic E-state index is 11.9. The monoisotopic (exact) mass is 408 g/mol. The number of aliphatic hydroxyl groups is 7. The number of hydrogen-bond donors (Lipinski definition) is 7. The Kier molecular flexibility index (Phi) is 6.24. The van der Waals surface area contributed by atoms with Crippen molar-refractivity contribution in [2.75, 3.05) is 19.8 Å². The first-order valence-electron chi connectivity index (χ1n) is 8.75. The Labute approximate surface area is 159 Å². The largest absolute Gasteiger partial charge is 0.471 e. The fourth-order valence-corrected chi connectivity index (χ4v) is 3.67. The Hall–Kier alpha value is -1.35. The summed E-state index contributed by atoms with van der Waals surface area (Å²) in [6.07, 6.45) is -10.2. The molecule has 0 radical (unpaired) electrons. The minimum absolute atomic E-state index is 0.107. The van der Waals surface area contributed by atoms with Crippen molar-refractivity contribution in [3.05, 3.63) is 11.8 Å². The van der Waals surface area contributed by atoms with Crippen LogP contribution in [0.3, 0.4) is 0 Å². The Balaban J connectivity index is 1.87. The van der Waals surface area contributed by atoms with Gasteiger partial charge in [0.1, 0.15) is 35.6 Å². The van der Waals surface area contributed by atoms with Gasteiger partial charge in [-0.05, 0) is 0 Å². The van der Waals surface area contributed by atoms with Crippen LogP contribution in [0.1, 0.15) is 6.42 Å². The molecular weight excluding hydrogens is 384 g/mol. The summed E-state index contributed by atoms with van der Waals surface area (Å²) in [5.74, 6) is -2.23. The molecule has 7 N–H and O–H groups in total. The predicted molar refractivity (Wildman–Crippen MR) is 84.9 cm³/mol. The number of esters is 1. The first kappa shape index (κ1) is 21.4. The summed E-state index contributed by atoms with van der Waals surface area (Å²) in [5.41, 5.74) is -2.21. The molecule has 3 rings (SSSR count). The highest BCUT2D eigenvalue weighted by Crippen LogP contribution is 2.43. The lowest BCUT2D eigenvalue weighted by atomic mass is 9.73. The molecule has 28 heavy (non-hydrogen) atoms. The summed E-state index contributed by atoms with van der Waals surface area (Å²) in [5, 5.41) is 69.8. The topological polar surface area (TPSA) is 196 Å². The molecule has 2 saturated heterocycles. The molecule has 0 saturated carbocycles. The molecule has 3 heterocycles. The van der Waals surface area contributed by atoms with Gasteiger partial charge in [-0.15, -0.1) is 0 Å². The van der Waals surface area contributed by atoms with Crippen molar-refractivity contribution in [3.8, 4) is 0 Å². The smallest absolute Gasteiger partial charge is 0.340 e. The number of ether oxygens (including phenoxy) is 4. The third-order valence-electron chi connectivity index (χ3n) is 5.29. The standard InChI is InChI=1S/C16H24O12/c17-3-7(19)9-14(26-5-6-13(23)25-2-1-16(6,9)24)28-15-12(22)11(21)10(20)8(4-18)27-15/h5,7-12,14-15,17-22,24H,1-4H2/t7-,8-,9+,10-,11+,12-,14+,15+,16+/m1/s1. The minimum Gasteiger partial charge on any atom is -0.471 e. The van der Waals surface area contributed by atoms with Crippen LogP contribution >= 0.6 is 0 Å². The molecule has 3 aliphatic heterocycles. The number of hydrogen-bond acceptors (Lipinski definition) is 12. The van der Waals surface area contributed by atoms with E-state index in [0.29, 0.717) is 0 Å². The van der Waals surface area contributed by atoms with Crippen molar-refractivity contribution < 1.29 is 59.5 Å². The van der Waals surface area contributed by atoms with Crippen LogP contribution in [0.15, 0.2) is 11.8 Å². The second-order valence-electron chi connectivity index (χ2n) is 6.96. The average molecular weight is 408 g/mol. The van der Waals surface area contributed by atoms with Crippen LogP contribution in [0.4, 0.5) is 0 Å². The molecule has 0 unspecified atom stereocenters. The highest BCUT2D eigenvalue weighted by atomic mass is 16.8. The summed E-state index contributed by atoms with van der Waals surface area (Å²) < 4.78 is 20.8. The van der Waals surface area contributed by atoms with Crippen LogP contribution in [0.2, 0.25) is 0 Å². The molecule has 12 nitrogen and oxygen atoms in total. The van der Waals surface area contributed by atoms with E-state index in [1.807, 2.05) is 0 Å². The van der Waals surface area contributed by atoms with Crippen LogP contribution in [0, 0.1) is 5.92 Å². The van der Waals surface area contributed by atoms with Gasteiger partial charge in [-0.1, -0.05) is 0 Å². The summed E-state index contributed by atoms with van der Waals surface area (Å²) in [6, 6.07) is 0. The van der Waals surface area contributed by atoms with Gasteiger partial charge in [0.25, 0.3) is 0 Å². The van der Waals surface area contributed by atoms with Gasteiger partial charge in [0.15, 0.2) is 6.29 Å². The Morgan fingerprint density at radius 2 is 1.89 bits per heavy atom. The van der Waals surface area contributed by atoms with Crippen LogP contribution in [-0.2, 0) is 23.7 Å². The molecule has 0 spiro atoms. The van der Waals surface area contributed by atoms with E-state index in [0.717, 1.165) is 6.26 Å². The number of fused-ring (bicyclic) bond motifs is 1. The molecule has 0 aromatic carbocycles. The molecule has 9 atom stereocenters. The fraction of sp³-hybridized carbons (Fsp3) is 0.812. The van der Waals surface area contributed by atoms with E-state index in [2.05, 4.69) is 0 Å². The molecule has 0 aromatic rings. The van der Waals surface area contributed by atoms with Gasteiger partial charge in [-0.3, -0.25) is 0 Å². The number of rotatable bonds is 5. The third-order valence-corrected chi connectivity index (χ3v) is 5.29. The molecule has 0 aliphatic carbocycles. The first-order valence-corrected chi connectivity index (χ1v) is 8.75. The third kappa shape index (κ3) is 3.51. The molecular formula is C16H24O12. The van der Waals surface area contributed by atoms with Crippen molar-refractivity contribution in [2.24, 2.45) is 5.92 Å². The lowest BCUT2D eigenvalue weighted by molar-refractivity contribution is -0.352. The number of carbonyl (C=O) groups is 1. The van der Waals surface area contributed by atoms with Crippen molar-refractivity contribution >= 4 is 5.97 Å². The van der Waals surface area contributed by atoms with Crippen molar-refractivity contribution in [2.45, 2.75) is 55.1 Å². The van der Waals surface area contributed by atoms with Gasteiger partial charge in [0, 0.05) is 6.42 Å². The quantitative estimate of drug-likeness (QED) is 0.217. The molecule has 3 aliphatic rings. The summed E-state index contributed by atoms with van der Waals surface area (Å²) >= 11 is 0. The molecule has 160 valence electrons. The van der Waals surface area contributed by atoms with Gasteiger partial charge in [0.2, 0.25) is 6.29 Å². The van der Waals surface area contributed by atoms with E-state index in [1.165, 1.54) is 0 Å². The maximum absolute atomic E-state index is 11.9. The lowest BCUT2D eigenvalue weighted by Gasteiger charge is -2.48. The summed E-state index contributed by atoms with van der Waals surface area (Å²) in [7, 11) is 0. The highest BCUT2D eigenvalue weighted by molar-refractivity contribution is 5.91. The molecule has 12 heteroatoms. The number of carbonyl (C=O) groups excluding carboxylic acids is 1. The maximum Gasteiger partial charge on any atom is 0.340 e. The van der Waals surface area contributed by atoms with E-state index < -0.39 is 73.8 Å². The van der Waals surface area contributed by atoms with Crippen LogP contribution < -0.4 is 0 Å². The van der Waals surface area contributed by atoms with E-state index in [9.17, 15) is 40.5 Å². The Bertz CT molecular complexity index is 608. The zero-order chi connectivity index (χ0) is 20.6. The Morgan fingerprint density at radius 1 is 1.18 bits per heavy atom. The SMILES string of the molecule is O=C1OCC[C@]2(O)C1=CO[C@@H](O[C@@H]1O[C@H](CO)[C@@H](O)[C@H](O)[C@H]1O)[C@@H]2[C@H](O)CO. The lowest BCUT2D eigenvalue weighted by Crippen LogP contribution is -2.63. The van der Waals surface area contributed by atoms with Crippen molar-refractivity contribution in [1.29, 1.82) is 0 Å². The number of cyclic esters (lactones) is 1. The second kappa shape index (κ2) is 8.18. The second-order valence-corrected chi connectivity index (χ2v) is 6.96. The van der Waals surface area contributed by atoms with Gasteiger partial charge in [0.05, 0.1) is 38.1 Å². The normalized spacial score (nSPS) is 44.8. The highest BCUT2D eigenvalue weighted by Gasteiger charge is 2.57. The molecule has 0 amide bonds. The van der Waals surface area contributed by atoms with Gasteiger partial charge >= 0.3 is 5.97 Å². The van der Waals surface area contributed by atoms with Crippen LogP contribution in [0.25, 0.3) is 0 Å². The number of aliphatic hydroxyl groups excluding tert-OH is 6. The predicted octanol–water partition coefficient (Wildman–Crippen LogP) is -4.31. The first-order chi connectivity index (χ1) is 13.2. The Morgan fingerprint density at radius 3 is 2.54 bits per heavy atom. The fourth-order valence-electron chi connectivity index (χ4n) is 3.67. The van der Waals surface area contributed by atoms with E-state index in [4.69, 9.17) is 18.9 Å². The van der Waals surface area contributed by atoms with E-state index in [1.54, 1.807) is 0 Å². The van der Waals surface area contributed by atoms with Gasteiger partial charge < -0.3 is 54.7 Å². The molecule has 0 aromatic heterocycles. The molecule has 2 fully saturated rings. The zero-order valence-electron chi connectivity index (χ0n) is 14.7. The van der Waals surface area contributed by atoms with Crippen LogP contribution in [0.5, 0.6) is 0 Å². The van der Waals surface area contributed by atoms with Crippen molar-refractivity contribution in [3.63, 3.8) is 0 Å². The van der Waals surface area contributed by atoms with Crippen molar-refractivity contribution in [1.82, 2.24) is 0 Å². The van der Waals surface area contributed by atoms with Gasteiger partial charge in [-0.25, -0.2) is 4.79 Å². The summed E-state index contributed by atoms with van der Waals surface area (Å²) in [4.78, 5) is 11.9.